The number of rotatable bonds is 6. The van der Waals surface area contributed by atoms with Crippen molar-refractivity contribution in [3.63, 3.8) is 0 Å². The van der Waals surface area contributed by atoms with Crippen molar-refractivity contribution in [3.8, 4) is 11.8 Å². The molecule has 2 N–H and O–H groups in total. The van der Waals surface area contributed by atoms with Crippen molar-refractivity contribution in [2.45, 2.75) is 6.92 Å². The van der Waals surface area contributed by atoms with Crippen molar-refractivity contribution < 1.29 is 19.7 Å². The molecular formula is C16H21NO4. The molecule has 0 radical (unpaired) electrons. The van der Waals surface area contributed by atoms with Crippen LogP contribution in [0, 0.1) is 18.8 Å². The number of carbonyl (C=O) groups is 1. The van der Waals surface area contributed by atoms with E-state index in [0.29, 0.717) is 24.3 Å². The van der Waals surface area contributed by atoms with Gasteiger partial charge in [0.15, 0.2) is 0 Å². The standard InChI is InChI=1S/C16H21NO4/c1-13-5-6-15(12-14(13)4-3-9-18)16(20)17(7-10-19)8-11-21-2/h5-6,12,18-19H,7-11H2,1-2H3. The van der Waals surface area contributed by atoms with Gasteiger partial charge in [-0.05, 0) is 24.6 Å². The molecule has 114 valence electrons. The molecule has 0 saturated carbocycles. The summed E-state index contributed by atoms with van der Waals surface area (Å²) in [5.74, 6) is 5.23. The van der Waals surface area contributed by atoms with E-state index >= 15 is 0 Å². The van der Waals surface area contributed by atoms with Gasteiger partial charge in [-0.15, -0.1) is 0 Å². The summed E-state index contributed by atoms with van der Waals surface area (Å²) in [5.41, 5.74) is 2.16. The number of methoxy groups -OCH3 is 1. The molecule has 1 amide bonds. The fourth-order valence-corrected chi connectivity index (χ4v) is 1.84. The van der Waals surface area contributed by atoms with Crippen LogP contribution in [0.1, 0.15) is 21.5 Å². The molecule has 0 saturated heterocycles. The third-order valence-corrected chi connectivity index (χ3v) is 3.01. The van der Waals surface area contributed by atoms with E-state index in [0.717, 1.165) is 5.56 Å². The molecule has 0 spiro atoms. The Morgan fingerprint density at radius 3 is 2.71 bits per heavy atom. The van der Waals surface area contributed by atoms with Crippen LogP contribution in [0.25, 0.3) is 0 Å². The van der Waals surface area contributed by atoms with Crippen LogP contribution >= 0.6 is 0 Å². The summed E-state index contributed by atoms with van der Waals surface area (Å²) in [4.78, 5) is 14.0. The van der Waals surface area contributed by atoms with Gasteiger partial charge in [0.25, 0.3) is 5.91 Å². The van der Waals surface area contributed by atoms with E-state index in [2.05, 4.69) is 11.8 Å². The highest BCUT2D eigenvalue weighted by atomic mass is 16.5. The molecule has 5 heteroatoms. The molecule has 0 aliphatic carbocycles. The van der Waals surface area contributed by atoms with E-state index in [1.807, 2.05) is 13.0 Å². The first kappa shape index (κ1) is 17.2. The van der Waals surface area contributed by atoms with Gasteiger partial charge in [0.2, 0.25) is 0 Å². The van der Waals surface area contributed by atoms with Crippen molar-refractivity contribution in [3.05, 3.63) is 34.9 Å². The second kappa shape index (κ2) is 9.14. The normalized spacial score (nSPS) is 9.90. The molecule has 0 aromatic heterocycles. The Bertz CT molecular complexity index is 531. The molecule has 1 aromatic rings. The molecule has 0 fully saturated rings. The predicted molar refractivity (Wildman–Crippen MR) is 80.0 cm³/mol. The minimum Gasteiger partial charge on any atom is -0.395 e. The minimum atomic E-state index is -0.220. The molecule has 1 aromatic carbocycles. The van der Waals surface area contributed by atoms with Crippen LogP contribution in [0.3, 0.4) is 0 Å². The molecule has 0 bridgehead atoms. The van der Waals surface area contributed by atoms with Gasteiger partial charge in [-0.25, -0.2) is 0 Å². The summed E-state index contributed by atoms with van der Waals surface area (Å²) in [6.07, 6.45) is 0. The lowest BCUT2D eigenvalue weighted by Gasteiger charge is -2.21. The summed E-state index contributed by atoms with van der Waals surface area (Å²) in [6.45, 7) is 2.66. The smallest absolute Gasteiger partial charge is 0.254 e. The summed E-state index contributed by atoms with van der Waals surface area (Å²) in [6, 6.07) is 5.26. The Morgan fingerprint density at radius 1 is 1.33 bits per heavy atom. The number of nitrogens with zero attached hydrogens (tertiary/aromatic N) is 1. The largest absolute Gasteiger partial charge is 0.395 e. The van der Waals surface area contributed by atoms with E-state index in [9.17, 15) is 4.79 Å². The van der Waals surface area contributed by atoms with Crippen LogP contribution in [0.15, 0.2) is 18.2 Å². The molecule has 0 heterocycles. The lowest BCUT2D eigenvalue weighted by atomic mass is 10.0. The van der Waals surface area contributed by atoms with Gasteiger partial charge in [-0.2, -0.15) is 0 Å². The zero-order valence-electron chi connectivity index (χ0n) is 12.4. The zero-order chi connectivity index (χ0) is 15.7. The van der Waals surface area contributed by atoms with Gasteiger partial charge in [0, 0.05) is 31.3 Å². The number of benzene rings is 1. The first-order chi connectivity index (χ1) is 10.1. The molecule has 0 aliphatic heterocycles. The molecular weight excluding hydrogens is 270 g/mol. The summed E-state index contributed by atoms with van der Waals surface area (Å²) < 4.78 is 4.97. The Labute approximate surface area is 125 Å². The number of hydrogen-bond donors (Lipinski definition) is 2. The van der Waals surface area contributed by atoms with Gasteiger partial charge in [-0.3, -0.25) is 4.79 Å². The van der Waals surface area contributed by atoms with Crippen molar-refractivity contribution in [1.82, 2.24) is 4.90 Å². The van der Waals surface area contributed by atoms with Gasteiger partial charge < -0.3 is 19.8 Å². The van der Waals surface area contributed by atoms with Crippen LogP contribution < -0.4 is 0 Å². The van der Waals surface area contributed by atoms with Crippen LogP contribution in [-0.2, 0) is 4.74 Å². The number of hydrogen-bond acceptors (Lipinski definition) is 4. The number of aliphatic hydroxyl groups is 2. The molecule has 0 aliphatic rings. The fraction of sp³-hybridized carbons (Fsp3) is 0.438. The first-order valence-electron chi connectivity index (χ1n) is 6.73. The molecule has 5 nitrogen and oxygen atoms in total. The topological polar surface area (TPSA) is 70.0 Å². The van der Waals surface area contributed by atoms with Crippen molar-refractivity contribution >= 4 is 5.91 Å². The second-order valence-electron chi connectivity index (χ2n) is 4.50. The van der Waals surface area contributed by atoms with Crippen LogP contribution in [0.5, 0.6) is 0 Å². The van der Waals surface area contributed by atoms with Crippen LogP contribution in [0.4, 0.5) is 0 Å². The fourth-order valence-electron chi connectivity index (χ4n) is 1.84. The SMILES string of the molecule is COCCN(CCO)C(=O)c1ccc(C)c(C#CCO)c1. The minimum absolute atomic E-state index is 0.0987. The van der Waals surface area contributed by atoms with Gasteiger partial charge in [0.1, 0.15) is 6.61 Å². The highest BCUT2D eigenvalue weighted by Crippen LogP contribution is 2.12. The molecule has 1 rings (SSSR count). The number of amides is 1. The average Bonchev–Trinajstić information content (AvgIpc) is 2.50. The Kier molecular flexibility index (Phi) is 7.48. The van der Waals surface area contributed by atoms with E-state index in [-0.39, 0.29) is 25.7 Å². The maximum Gasteiger partial charge on any atom is 0.254 e. The van der Waals surface area contributed by atoms with E-state index in [4.69, 9.17) is 14.9 Å². The average molecular weight is 291 g/mol. The van der Waals surface area contributed by atoms with Crippen LogP contribution in [0.2, 0.25) is 0 Å². The molecule has 0 atom stereocenters. The van der Waals surface area contributed by atoms with Crippen molar-refractivity contribution in [2.75, 3.05) is 40.0 Å². The summed E-state index contributed by atoms with van der Waals surface area (Å²) >= 11 is 0. The third-order valence-electron chi connectivity index (χ3n) is 3.01. The monoisotopic (exact) mass is 291 g/mol. The quantitative estimate of drug-likeness (QED) is 0.745. The maximum absolute atomic E-state index is 12.4. The zero-order valence-corrected chi connectivity index (χ0v) is 12.4. The predicted octanol–water partition coefficient (Wildman–Crippen LogP) is 0.420. The molecule has 0 unspecified atom stereocenters. The Hall–Kier alpha value is -1.87. The Morgan fingerprint density at radius 2 is 2.10 bits per heavy atom. The highest BCUT2D eigenvalue weighted by Gasteiger charge is 2.15. The first-order valence-corrected chi connectivity index (χ1v) is 6.73. The maximum atomic E-state index is 12.4. The summed E-state index contributed by atoms with van der Waals surface area (Å²) in [5, 5.41) is 17.8. The highest BCUT2D eigenvalue weighted by molar-refractivity contribution is 5.94. The lowest BCUT2D eigenvalue weighted by molar-refractivity contribution is 0.0656. The third kappa shape index (κ3) is 5.20. The number of carbonyl (C=O) groups excluding carboxylic acids is 1. The number of aliphatic hydroxyl groups excluding tert-OH is 2. The van der Waals surface area contributed by atoms with Crippen molar-refractivity contribution in [1.29, 1.82) is 0 Å². The Balaban J connectivity index is 2.98. The lowest BCUT2D eigenvalue weighted by Crippen LogP contribution is -2.36. The van der Waals surface area contributed by atoms with E-state index < -0.39 is 0 Å². The van der Waals surface area contributed by atoms with E-state index in [1.54, 1.807) is 19.2 Å². The van der Waals surface area contributed by atoms with Gasteiger partial charge >= 0.3 is 0 Å². The van der Waals surface area contributed by atoms with Crippen LogP contribution in [-0.4, -0.2) is 61.0 Å². The molecule has 21 heavy (non-hydrogen) atoms. The van der Waals surface area contributed by atoms with E-state index in [1.165, 1.54) is 4.90 Å². The van der Waals surface area contributed by atoms with Gasteiger partial charge in [-0.1, -0.05) is 17.9 Å². The number of ether oxygens (including phenoxy) is 1. The number of aryl methyl sites for hydroxylation is 1. The summed E-state index contributed by atoms with van der Waals surface area (Å²) in [7, 11) is 1.57. The van der Waals surface area contributed by atoms with Crippen molar-refractivity contribution in [2.24, 2.45) is 0 Å². The van der Waals surface area contributed by atoms with Gasteiger partial charge in [0.05, 0.1) is 13.2 Å². The second-order valence-corrected chi connectivity index (χ2v) is 4.50.